The first-order valence-corrected chi connectivity index (χ1v) is 9.59. The van der Waals surface area contributed by atoms with Crippen LogP contribution < -0.4 is 10.2 Å². The molecule has 1 amide bonds. The van der Waals surface area contributed by atoms with Crippen LogP contribution in [0.4, 0.5) is 15.9 Å². The molecule has 0 spiro atoms. The second-order valence-electron chi connectivity index (χ2n) is 6.81. The molecule has 0 radical (unpaired) electrons. The summed E-state index contributed by atoms with van der Waals surface area (Å²) in [4.78, 5) is 19.4. The number of pyridine rings is 1. The normalized spacial score (nSPS) is 14.9. The van der Waals surface area contributed by atoms with Gasteiger partial charge in [-0.25, -0.2) is 9.37 Å². The van der Waals surface area contributed by atoms with Crippen LogP contribution in [0.25, 0.3) is 5.69 Å². The molecule has 1 aliphatic heterocycles. The van der Waals surface area contributed by atoms with Gasteiger partial charge < -0.3 is 14.8 Å². The summed E-state index contributed by atoms with van der Waals surface area (Å²) in [6, 6.07) is 11.9. The van der Waals surface area contributed by atoms with Crippen molar-refractivity contribution >= 4 is 29.0 Å². The lowest BCUT2D eigenvalue weighted by Gasteiger charge is -2.33. The van der Waals surface area contributed by atoms with Gasteiger partial charge in [0.25, 0.3) is 0 Å². The van der Waals surface area contributed by atoms with Crippen molar-refractivity contribution in [1.29, 1.82) is 0 Å². The van der Waals surface area contributed by atoms with Crippen LogP contribution in [0.15, 0.2) is 61.1 Å². The Bertz CT molecular complexity index is 968. The fraction of sp³-hybridized carbons (Fsp3) is 0.238. The Hall–Kier alpha value is -2.86. The number of aromatic nitrogens is 2. The van der Waals surface area contributed by atoms with Crippen LogP contribution in [0, 0.1) is 11.7 Å². The Kier molecular flexibility index (Phi) is 5.30. The first-order valence-electron chi connectivity index (χ1n) is 9.21. The minimum Gasteiger partial charge on any atom is -0.355 e. The summed E-state index contributed by atoms with van der Waals surface area (Å²) in [6.07, 6.45) is 7.20. The molecule has 28 heavy (non-hydrogen) atoms. The summed E-state index contributed by atoms with van der Waals surface area (Å²) >= 11 is 6.01. The van der Waals surface area contributed by atoms with Gasteiger partial charge in [-0.2, -0.15) is 0 Å². The van der Waals surface area contributed by atoms with E-state index in [1.54, 1.807) is 6.20 Å². The largest absolute Gasteiger partial charge is 0.355 e. The van der Waals surface area contributed by atoms with E-state index in [0.717, 1.165) is 24.6 Å². The van der Waals surface area contributed by atoms with E-state index in [1.807, 2.05) is 41.2 Å². The SMILES string of the molecule is O=C(Nc1ccc(F)cc1Cl)C1CCN(c2ncccc2-n2cccc2)CC1. The van der Waals surface area contributed by atoms with Crippen LogP contribution in [0.1, 0.15) is 12.8 Å². The molecule has 3 aromatic rings. The maximum atomic E-state index is 13.2. The van der Waals surface area contributed by atoms with Crippen molar-refractivity contribution < 1.29 is 9.18 Å². The third-order valence-corrected chi connectivity index (χ3v) is 5.32. The number of hydrogen-bond acceptors (Lipinski definition) is 3. The van der Waals surface area contributed by atoms with Crippen molar-refractivity contribution in [3.8, 4) is 5.69 Å². The minimum absolute atomic E-state index is 0.0835. The summed E-state index contributed by atoms with van der Waals surface area (Å²) < 4.78 is 15.2. The quantitative estimate of drug-likeness (QED) is 0.703. The van der Waals surface area contributed by atoms with Crippen LogP contribution in [-0.4, -0.2) is 28.5 Å². The van der Waals surface area contributed by atoms with E-state index in [9.17, 15) is 9.18 Å². The summed E-state index contributed by atoms with van der Waals surface area (Å²) in [5.41, 5.74) is 1.46. The summed E-state index contributed by atoms with van der Waals surface area (Å²) in [5, 5.41) is 3.02. The van der Waals surface area contributed by atoms with E-state index in [0.29, 0.717) is 18.5 Å². The summed E-state index contributed by atoms with van der Waals surface area (Å²) in [7, 11) is 0. The van der Waals surface area contributed by atoms with Crippen LogP contribution in [0.3, 0.4) is 0 Å². The van der Waals surface area contributed by atoms with Crippen molar-refractivity contribution in [3.63, 3.8) is 0 Å². The fourth-order valence-electron chi connectivity index (χ4n) is 3.51. The first-order chi connectivity index (χ1) is 13.6. The molecular weight excluding hydrogens is 379 g/mol. The number of halogens is 2. The standard InChI is InChI=1S/C21H20ClFN4O/c22-17-14-16(23)5-6-18(17)25-21(28)15-7-12-27(13-8-15)20-19(4-3-9-24-20)26-10-1-2-11-26/h1-6,9-11,14-15H,7-8,12-13H2,(H,25,28). The molecule has 0 saturated carbocycles. The topological polar surface area (TPSA) is 50.2 Å². The molecule has 144 valence electrons. The smallest absolute Gasteiger partial charge is 0.227 e. The van der Waals surface area contributed by atoms with E-state index in [-0.39, 0.29) is 16.8 Å². The molecule has 0 unspecified atom stereocenters. The van der Waals surface area contributed by atoms with Crippen molar-refractivity contribution in [3.05, 3.63) is 71.9 Å². The molecule has 3 heterocycles. The zero-order valence-electron chi connectivity index (χ0n) is 15.2. The lowest BCUT2D eigenvalue weighted by Crippen LogP contribution is -2.39. The van der Waals surface area contributed by atoms with Crippen LogP contribution in [0.2, 0.25) is 5.02 Å². The Balaban J connectivity index is 1.42. The molecule has 1 N–H and O–H groups in total. The van der Waals surface area contributed by atoms with Gasteiger partial charge in [-0.05, 0) is 55.3 Å². The average Bonchev–Trinajstić information content (AvgIpc) is 3.25. The van der Waals surface area contributed by atoms with Crippen molar-refractivity contribution in [2.75, 3.05) is 23.3 Å². The highest BCUT2D eigenvalue weighted by Crippen LogP contribution is 2.29. The van der Waals surface area contributed by atoms with Gasteiger partial charge in [0.15, 0.2) is 5.82 Å². The van der Waals surface area contributed by atoms with E-state index in [4.69, 9.17) is 11.6 Å². The van der Waals surface area contributed by atoms with Gasteiger partial charge in [0.05, 0.1) is 16.4 Å². The van der Waals surface area contributed by atoms with Crippen molar-refractivity contribution in [1.82, 2.24) is 9.55 Å². The Morgan fingerprint density at radius 2 is 1.89 bits per heavy atom. The van der Waals surface area contributed by atoms with E-state index >= 15 is 0 Å². The number of benzene rings is 1. The fourth-order valence-corrected chi connectivity index (χ4v) is 3.72. The third-order valence-electron chi connectivity index (χ3n) is 5.00. The minimum atomic E-state index is -0.426. The van der Waals surface area contributed by atoms with Crippen molar-refractivity contribution in [2.45, 2.75) is 12.8 Å². The number of carbonyl (C=O) groups excluding carboxylic acids is 1. The molecule has 1 aromatic carbocycles. The molecule has 7 heteroatoms. The Labute approximate surface area is 167 Å². The summed E-state index contributed by atoms with van der Waals surface area (Å²) in [5.74, 6) is 0.292. The third kappa shape index (κ3) is 3.87. The molecule has 1 saturated heterocycles. The molecule has 0 aliphatic carbocycles. The van der Waals surface area contributed by atoms with Gasteiger partial charge in [-0.3, -0.25) is 4.79 Å². The van der Waals surface area contributed by atoms with Gasteiger partial charge in [0.2, 0.25) is 5.91 Å². The lowest BCUT2D eigenvalue weighted by molar-refractivity contribution is -0.120. The molecule has 5 nitrogen and oxygen atoms in total. The van der Waals surface area contributed by atoms with Crippen molar-refractivity contribution in [2.24, 2.45) is 5.92 Å². The number of carbonyl (C=O) groups is 1. The zero-order valence-corrected chi connectivity index (χ0v) is 15.9. The molecule has 0 bridgehead atoms. The van der Waals surface area contributed by atoms with E-state index in [2.05, 4.69) is 15.2 Å². The maximum Gasteiger partial charge on any atom is 0.227 e. The lowest BCUT2D eigenvalue weighted by atomic mass is 9.95. The number of piperidine rings is 1. The highest BCUT2D eigenvalue weighted by Gasteiger charge is 2.27. The Morgan fingerprint density at radius 3 is 2.61 bits per heavy atom. The molecule has 1 aliphatic rings. The number of nitrogens with zero attached hydrogens (tertiary/aromatic N) is 3. The molecule has 2 aromatic heterocycles. The van der Waals surface area contributed by atoms with Gasteiger partial charge in [0.1, 0.15) is 5.82 Å². The van der Waals surface area contributed by atoms with Crippen LogP contribution >= 0.6 is 11.6 Å². The maximum absolute atomic E-state index is 13.2. The monoisotopic (exact) mass is 398 g/mol. The number of anilines is 2. The first kappa shape index (κ1) is 18.5. The second-order valence-corrected chi connectivity index (χ2v) is 7.22. The van der Waals surface area contributed by atoms with E-state index < -0.39 is 5.82 Å². The average molecular weight is 399 g/mol. The van der Waals surface area contributed by atoms with Gasteiger partial charge in [-0.15, -0.1) is 0 Å². The molecule has 0 atom stereocenters. The van der Waals surface area contributed by atoms with Crippen LogP contribution in [-0.2, 0) is 4.79 Å². The van der Waals surface area contributed by atoms with E-state index in [1.165, 1.54) is 18.2 Å². The van der Waals surface area contributed by atoms with Gasteiger partial charge >= 0.3 is 0 Å². The predicted molar refractivity (Wildman–Crippen MR) is 109 cm³/mol. The molecule has 1 fully saturated rings. The number of amides is 1. The second kappa shape index (κ2) is 8.02. The van der Waals surface area contributed by atoms with Gasteiger partial charge in [0, 0.05) is 37.6 Å². The Morgan fingerprint density at radius 1 is 1.14 bits per heavy atom. The highest BCUT2D eigenvalue weighted by atomic mass is 35.5. The molecular formula is C21H20ClFN4O. The van der Waals surface area contributed by atoms with Crippen LogP contribution in [0.5, 0.6) is 0 Å². The predicted octanol–water partition coefficient (Wildman–Crippen LogP) is 4.52. The molecule has 4 rings (SSSR count). The van der Waals surface area contributed by atoms with Gasteiger partial charge in [-0.1, -0.05) is 11.6 Å². The number of nitrogens with one attached hydrogen (secondary N) is 1. The zero-order chi connectivity index (χ0) is 19.5. The summed E-state index contributed by atoms with van der Waals surface area (Å²) in [6.45, 7) is 1.47. The number of rotatable bonds is 4. The number of hydrogen-bond donors (Lipinski definition) is 1. The highest BCUT2D eigenvalue weighted by molar-refractivity contribution is 6.33.